The lowest BCUT2D eigenvalue weighted by Crippen LogP contribution is -2.49. The monoisotopic (exact) mass is 281 g/mol. The minimum Gasteiger partial charge on any atom is -0.375 e. The molecule has 1 aliphatic heterocycles. The van der Waals surface area contributed by atoms with E-state index in [2.05, 4.69) is 22.1 Å². The summed E-state index contributed by atoms with van der Waals surface area (Å²) in [7, 11) is 0. The number of hydrogen-bond acceptors (Lipinski definition) is 4. The van der Waals surface area contributed by atoms with Crippen LogP contribution in [-0.4, -0.2) is 36.8 Å². The standard InChI is InChI=1S/C15H24FN3O/c1-4-13-10-20-11(3)9-19(13)15-14(16)12(6-7-18-15)8-17-5-2/h6-7,11,13,17H,4-5,8-10H2,1-3H3. The number of morpholine rings is 1. The van der Waals surface area contributed by atoms with Crippen molar-refractivity contribution < 1.29 is 9.13 Å². The number of hydrogen-bond donors (Lipinski definition) is 1. The maximum Gasteiger partial charge on any atom is 0.170 e. The number of ether oxygens (including phenoxy) is 1. The van der Waals surface area contributed by atoms with Gasteiger partial charge in [0.05, 0.1) is 18.8 Å². The second-order valence-electron chi connectivity index (χ2n) is 5.25. The maximum atomic E-state index is 14.6. The van der Waals surface area contributed by atoms with Gasteiger partial charge in [-0.25, -0.2) is 9.37 Å². The van der Waals surface area contributed by atoms with Crippen LogP contribution in [0.1, 0.15) is 32.8 Å². The Labute approximate surface area is 120 Å². The summed E-state index contributed by atoms with van der Waals surface area (Å²) in [6.07, 6.45) is 2.72. The molecule has 1 saturated heterocycles. The minimum absolute atomic E-state index is 0.108. The number of aromatic nitrogens is 1. The second kappa shape index (κ2) is 6.99. The molecule has 2 rings (SSSR count). The number of rotatable bonds is 5. The van der Waals surface area contributed by atoms with Gasteiger partial charge >= 0.3 is 0 Å². The van der Waals surface area contributed by atoms with Gasteiger partial charge in [0.2, 0.25) is 0 Å². The highest BCUT2D eigenvalue weighted by molar-refractivity contribution is 5.45. The highest BCUT2D eigenvalue weighted by Gasteiger charge is 2.29. The first-order valence-corrected chi connectivity index (χ1v) is 7.39. The second-order valence-corrected chi connectivity index (χ2v) is 5.25. The molecule has 1 N–H and O–H groups in total. The van der Waals surface area contributed by atoms with E-state index in [1.807, 2.05) is 13.8 Å². The molecule has 1 aromatic heterocycles. The van der Waals surface area contributed by atoms with Crippen LogP contribution < -0.4 is 10.2 Å². The fourth-order valence-electron chi connectivity index (χ4n) is 2.51. The zero-order valence-corrected chi connectivity index (χ0v) is 12.5. The van der Waals surface area contributed by atoms with Crippen LogP contribution in [0.4, 0.5) is 10.2 Å². The van der Waals surface area contributed by atoms with E-state index in [4.69, 9.17) is 4.74 Å². The molecule has 1 fully saturated rings. The molecular weight excluding hydrogens is 257 g/mol. The zero-order chi connectivity index (χ0) is 14.5. The molecule has 0 spiro atoms. The van der Waals surface area contributed by atoms with E-state index >= 15 is 0 Å². The summed E-state index contributed by atoms with van der Waals surface area (Å²) in [4.78, 5) is 6.33. The molecule has 0 radical (unpaired) electrons. The number of nitrogens with one attached hydrogen (secondary N) is 1. The van der Waals surface area contributed by atoms with Crippen LogP contribution in [0.25, 0.3) is 0 Å². The Bertz CT molecular complexity index is 441. The van der Waals surface area contributed by atoms with Crippen LogP contribution in [0.2, 0.25) is 0 Å². The van der Waals surface area contributed by atoms with Crippen LogP contribution in [0.3, 0.4) is 0 Å². The third-order valence-corrected chi connectivity index (χ3v) is 3.73. The lowest BCUT2D eigenvalue weighted by atomic mass is 10.1. The lowest BCUT2D eigenvalue weighted by molar-refractivity contribution is 0.0293. The molecule has 2 atom stereocenters. The first-order valence-electron chi connectivity index (χ1n) is 7.39. The van der Waals surface area contributed by atoms with Gasteiger partial charge in [0.1, 0.15) is 0 Å². The molecule has 0 bridgehead atoms. The smallest absolute Gasteiger partial charge is 0.170 e. The summed E-state index contributed by atoms with van der Waals surface area (Å²) in [6.45, 7) is 8.80. The van der Waals surface area contributed by atoms with E-state index in [1.54, 1.807) is 12.3 Å². The third-order valence-electron chi connectivity index (χ3n) is 3.73. The highest BCUT2D eigenvalue weighted by atomic mass is 19.1. The predicted octanol–water partition coefficient (Wildman–Crippen LogP) is 2.33. The summed E-state index contributed by atoms with van der Waals surface area (Å²) < 4.78 is 20.3. The molecule has 0 aliphatic carbocycles. The van der Waals surface area contributed by atoms with Crippen molar-refractivity contribution in [2.24, 2.45) is 0 Å². The van der Waals surface area contributed by atoms with Crippen molar-refractivity contribution in [3.8, 4) is 0 Å². The van der Waals surface area contributed by atoms with Gasteiger partial charge in [0.25, 0.3) is 0 Å². The molecule has 0 aromatic carbocycles. The van der Waals surface area contributed by atoms with Gasteiger partial charge < -0.3 is 15.0 Å². The fraction of sp³-hybridized carbons (Fsp3) is 0.667. The van der Waals surface area contributed by atoms with E-state index in [1.165, 1.54) is 0 Å². The molecule has 4 nitrogen and oxygen atoms in total. The Kier molecular flexibility index (Phi) is 5.31. The van der Waals surface area contributed by atoms with Crippen LogP contribution in [0, 0.1) is 5.82 Å². The Morgan fingerprint density at radius 3 is 3.00 bits per heavy atom. The Morgan fingerprint density at radius 2 is 2.30 bits per heavy atom. The first kappa shape index (κ1) is 15.2. The summed E-state index contributed by atoms with van der Waals surface area (Å²) in [6, 6.07) is 1.94. The van der Waals surface area contributed by atoms with E-state index < -0.39 is 0 Å². The predicted molar refractivity (Wildman–Crippen MR) is 78.4 cm³/mol. The van der Waals surface area contributed by atoms with E-state index in [-0.39, 0.29) is 18.0 Å². The van der Waals surface area contributed by atoms with Gasteiger partial charge in [0.15, 0.2) is 11.6 Å². The lowest BCUT2D eigenvalue weighted by Gasteiger charge is -2.39. The summed E-state index contributed by atoms with van der Waals surface area (Å²) >= 11 is 0. The van der Waals surface area contributed by atoms with Gasteiger partial charge in [-0.2, -0.15) is 0 Å². The van der Waals surface area contributed by atoms with E-state index in [0.29, 0.717) is 31.1 Å². The van der Waals surface area contributed by atoms with Gasteiger partial charge in [-0.1, -0.05) is 13.8 Å². The van der Waals surface area contributed by atoms with Crippen molar-refractivity contribution in [3.05, 3.63) is 23.6 Å². The van der Waals surface area contributed by atoms with Crippen molar-refractivity contribution >= 4 is 5.82 Å². The molecule has 2 unspecified atom stereocenters. The molecule has 0 saturated carbocycles. The van der Waals surface area contributed by atoms with Crippen molar-refractivity contribution in [3.63, 3.8) is 0 Å². The average molecular weight is 281 g/mol. The highest BCUT2D eigenvalue weighted by Crippen LogP contribution is 2.25. The zero-order valence-electron chi connectivity index (χ0n) is 12.5. The topological polar surface area (TPSA) is 37.4 Å². The quantitative estimate of drug-likeness (QED) is 0.899. The molecular formula is C15H24FN3O. The van der Waals surface area contributed by atoms with Crippen molar-refractivity contribution in [1.82, 2.24) is 10.3 Å². The van der Waals surface area contributed by atoms with Crippen molar-refractivity contribution in [1.29, 1.82) is 0 Å². The molecule has 5 heteroatoms. The van der Waals surface area contributed by atoms with Crippen molar-refractivity contribution in [2.45, 2.75) is 45.9 Å². The van der Waals surface area contributed by atoms with Gasteiger partial charge in [-0.15, -0.1) is 0 Å². The number of nitrogens with zero attached hydrogens (tertiary/aromatic N) is 2. The van der Waals surface area contributed by atoms with Gasteiger partial charge in [0, 0.05) is 24.8 Å². The fourth-order valence-corrected chi connectivity index (χ4v) is 2.51. The Balaban J connectivity index is 2.25. The van der Waals surface area contributed by atoms with E-state index in [9.17, 15) is 4.39 Å². The number of pyridine rings is 1. The van der Waals surface area contributed by atoms with Gasteiger partial charge in [-0.05, 0) is 26.0 Å². The SMILES string of the molecule is CCNCc1ccnc(N2CC(C)OCC2CC)c1F. The molecule has 20 heavy (non-hydrogen) atoms. The molecule has 112 valence electrons. The summed E-state index contributed by atoms with van der Waals surface area (Å²) in [5.41, 5.74) is 0.672. The normalized spacial score (nSPS) is 23.1. The first-order chi connectivity index (χ1) is 9.67. The Morgan fingerprint density at radius 1 is 1.50 bits per heavy atom. The number of anilines is 1. The maximum absolute atomic E-state index is 14.6. The molecule has 2 heterocycles. The summed E-state index contributed by atoms with van der Waals surface area (Å²) in [5, 5.41) is 3.16. The van der Waals surface area contributed by atoms with E-state index in [0.717, 1.165) is 13.0 Å². The van der Waals surface area contributed by atoms with Crippen LogP contribution in [0.5, 0.6) is 0 Å². The van der Waals surface area contributed by atoms with Gasteiger partial charge in [-0.3, -0.25) is 0 Å². The largest absolute Gasteiger partial charge is 0.375 e. The third kappa shape index (κ3) is 3.27. The summed E-state index contributed by atoms with van der Waals surface area (Å²) in [5.74, 6) is 0.253. The molecule has 1 aromatic rings. The molecule has 0 amide bonds. The average Bonchev–Trinajstić information content (AvgIpc) is 2.46. The molecule has 1 aliphatic rings. The number of halogens is 1. The van der Waals surface area contributed by atoms with Crippen LogP contribution in [-0.2, 0) is 11.3 Å². The Hall–Kier alpha value is -1.20. The van der Waals surface area contributed by atoms with Crippen molar-refractivity contribution in [2.75, 3.05) is 24.6 Å². The minimum atomic E-state index is -0.207. The van der Waals surface area contributed by atoms with Crippen LogP contribution >= 0.6 is 0 Å². The van der Waals surface area contributed by atoms with Crippen LogP contribution in [0.15, 0.2) is 12.3 Å².